The van der Waals surface area contributed by atoms with E-state index in [0.717, 1.165) is 5.56 Å². The van der Waals surface area contributed by atoms with Crippen LogP contribution in [0.3, 0.4) is 0 Å². The Hall–Kier alpha value is -1.27. The molecule has 0 spiro atoms. The Labute approximate surface area is 113 Å². The molecule has 0 radical (unpaired) electrons. The van der Waals surface area contributed by atoms with Gasteiger partial charge in [-0.25, -0.2) is 0 Å². The van der Waals surface area contributed by atoms with Crippen molar-refractivity contribution in [3.63, 3.8) is 0 Å². The van der Waals surface area contributed by atoms with Crippen LogP contribution >= 0.6 is 22.6 Å². The number of ether oxygens (including phenoxy) is 1. The van der Waals surface area contributed by atoms with Crippen molar-refractivity contribution in [3.05, 3.63) is 46.3 Å². The highest BCUT2D eigenvalue weighted by Crippen LogP contribution is 2.29. The Morgan fingerprint density at radius 3 is 2.71 bits per heavy atom. The fourth-order valence-corrected chi connectivity index (χ4v) is 2.33. The number of methoxy groups -OCH3 is 1. The van der Waals surface area contributed by atoms with Crippen molar-refractivity contribution in [2.24, 2.45) is 5.11 Å². The third kappa shape index (κ3) is 4.24. The largest absolute Gasteiger partial charge is 0.469 e. The number of rotatable bonds is 5. The number of carbonyl (C=O) groups is 1. The van der Waals surface area contributed by atoms with Gasteiger partial charge in [-0.15, -0.1) is 0 Å². The van der Waals surface area contributed by atoms with Crippen molar-refractivity contribution in [1.29, 1.82) is 0 Å². The molecule has 2 unspecified atom stereocenters. The molecular weight excluding hydrogens is 333 g/mol. The van der Waals surface area contributed by atoms with E-state index >= 15 is 0 Å². The van der Waals surface area contributed by atoms with Crippen LogP contribution in [0.2, 0.25) is 0 Å². The molecule has 0 aromatic heterocycles. The Bertz CT molecular complexity index is 418. The molecule has 0 amide bonds. The minimum Gasteiger partial charge on any atom is -0.469 e. The summed E-state index contributed by atoms with van der Waals surface area (Å²) in [7, 11) is 1.34. The van der Waals surface area contributed by atoms with Gasteiger partial charge in [-0.3, -0.25) is 4.79 Å². The number of hydrogen-bond acceptors (Lipinski definition) is 3. The van der Waals surface area contributed by atoms with E-state index in [1.807, 2.05) is 30.3 Å². The smallest absolute Gasteiger partial charge is 0.306 e. The fraction of sp³-hybridized carbons (Fsp3) is 0.364. The van der Waals surface area contributed by atoms with Crippen LogP contribution in [0.4, 0.5) is 0 Å². The zero-order chi connectivity index (χ0) is 12.7. The molecule has 0 fully saturated rings. The molecule has 1 aromatic rings. The van der Waals surface area contributed by atoms with E-state index in [0.29, 0.717) is 0 Å². The number of carbonyl (C=O) groups excluding carboxylic acids is 1. The lowest BCUT2D eigenvalue weighted by Crippen LogP contribution is -2.15. The first kappa shape index (κ1) is 13.8. The lowest BCUT2D eigenvalue weighted by atomic mass is 10.0. The van der Waals surface area contributed by atoms with Gasteiger partial charge in [-0.2, -0.15) is 0 Å². The van der Waals surface area contributed by atoms with Gasteiger partial charge < -0.3 is 4.74 Å². The number of benzene rings is 1. The maximum Gasteiger partial charge on any atom is 0.306 e. The molecule has 0 saturated heterocycles. The molecule has 0 aliphatic carbocycles. The van der Waals surface area contributed by atoms with E-state index in [9.17, 15) is 4.79 Å². The predicted molar refractivity (Wildman–Crippen MR) is 72.8 cm³/mol. The molecule has 0 aliphatic heterocycles. The SMILES string of the molecule is COC(=O)CC(I)C(N=[N+]=[N-])c1ccccc1. The minimum atomic E-state index is -0.360. The minimum absolute atomic E-state index is 0.127. The van der Waals surface area contributed by atoms with Crippen LogP contribution in [0.5, 0.6) is 0 Å². The van der Waals surface area contributed by atoms with Gasteiger partial charge >= 0.3 is 5.97 Å². The van der Waals surface area contributed by atoms with Crippen molar-refractivity contribution in [2.75, 3.05) is 7.11 Å². The molecule has 5 nitrogen and oxygen atoms in total. The van der Waals surface area contributed by atoms with E-state index in [1.54, 1.807) is 0 Å². The van der Waals surface area contributed by atoms with Gasteiger partial charge in [-0.05, 0) is 11.1 Å². The second-order valence-corrected chi connectivity index (χ2v) is 4.96. The molecule has 0 bridgehead atoms. The zero-order valence-electron chi connectivity index (χ0n) is 9.28. The molecule has 6 heteroatoms. The second kappa shape index (κ2) is 7.13. The highest BCUT2D eigenvalue weighted by Gasteiger charge is 2.22. The number of alkyl halides is 1. The summed E-state index contributed by atoms with van der Waals surface area (Å²) in [5, 5.41) is 3.75. The summed E-state index contributed by atoms with van der Waals surface area (Å²) in [4.78, 5) is 14.0. The molecular formula is C11H12IN3O2. The average Bonchev–Trinajstić information content (AvgIpc) is 2.36. The van der Waals surface area contributed by atoms with Crippen LogP contribution in [0.1, 0.15) is 18.0 Å². The van der Waals surface area contributed by atoms with Gasteiger partial charge in [0, 0.05) is 8.84 Å². The molecule has 1 aromatic carbocycles. The number of hydrogen-bond donors (Lipinski definition) is 0. The molecule has 0 heterocycles. The van der Waals surface area contributed by atoms with Gasteiger partial charge in [0.25, 0.3) is 0 Å². The lowest BCUT2D eigenvalue weighted by Gasteiger charge is -2.17. The number of azide groups is 1. The van der Waals surface area contributed by atoms with Crippen LogP contribution in [0.15, 0.2) is 35.4 Å². The quantitative estimate of drug-likeness (QED) is 0.205. The summed E-state index contributed by atoms with van der Waals surface area (Å²) in [6.07, 6.45) is 0.218. The first-order valence-corrected chi connectivity index (χ1v) is 6.23. The summed E-state index contributed by atoms with van der Waals surface area (Å²) in [5.41, 5.74) is 9.47. The third-order valence-corrected chi connectivity index (χ3v) is 3.37. The molecule has 0 saturated carbocycles. The first-order chi connectivity index (χ1) is 8.19. The normalized spacial score (nSPS) is 13.3. The monoisotopic (exact) mass is 345 g/mol. The van der Waals surface area contributed by atoms with Gasteiger partial charge in [-0.1, -0.05) is 58.0 Å². The van der Waals surface area contributed by atoms with Crippen molar-refractivity contribution < 1.29 is 9.53 Å². The molecule has 0 N–H and O–H groups in total. The van der Waals surface area contributed by atoms with Crippen molar-refractivity contribution in [3.8, 4) is 0 Å². The van der Waals surface area contributed by atoms with Crippen LogP contribution in [0, 0.1) is 0 Å². The van der Waals surface area contributed by atoms with Crippen LogP contribution in [-0.4, -0.2) is 17.0 Å². The Kier molecular flexibility index (Phi) is 5.79. The number of esters is 1. The highest BCUT2D eigenvalue weighted by atomic mass is 127. The molecule has 90 valence electrons. The average molecular weight is 345 g/mol. The fourth-order valence-electron chi connectivity index (χ4n) is 1.41. The van der Waals surface area contributed by atoms with Crippen molar-refractivity contribution >= 4 is 28.6 Å². The van der Waals surface area contributed by atoms with Gasteiger partial charge in [0.15, 0.2) is 0 Å². The van der Waals surface area contributed by atoms with Crippen molar-refractivity contribution in [2.45, 2.75) is 16.4 Å². The Morgan fingerprint density at radius 1 is 1.53 bits per heavy atom. The molecule has 17 heavy (non-hydrogen) atoms. The van der Waals surface area contributed by atoms with Crippen molar-refractivity contribution in [1.82, 2.24) is 0 Å². The standard InChI is InChI=1S/C11H12IN3O2/c1-17-10(16)7-9(12)11(14-15-13)8-5-3-2-4-6-8/h2-6,9,11H,7H2,1H3. The van der Waals surface area contributed by atoms with E-state index in [2.05, 4.69) is 37.4 Å². The summed E-state index contributed by atoms with van der Waals surface area (Å²) >= 11 is 2.10. The van der Waals surface area contributed by atoms with E-state index < -0.39 is 0 Å². The first-order valence-electron chi connectivity index (χ1n) is 4.99. The van der Waals surface area contributed by atoms with E-state index in [-0.39, 0.29) is 22.4 Å². The predicted octanol–water partition coefficient (Wildman–Crippen LogP) is 3.40. The molecule has 0 aliphatic rings. The van der Waals surface area contributed by atoms with Gasteiger partial charge in [0.2, 0.25) is 0 Å². The maximum atomic E-state index is 11.2. The summed E-state index contributed by atoms with van der Waals surface area (Å²) in [6.45, 7) is 0. The van der Waals surface area contributed by atoms with E-state index in [1.165, 1.54) is 7.11 Å². The Morgan fingerprint density at radius 2 is 2.18 bits per heavy atom. The summed E-state index contributed by atoms with van der Waals surface area (Å²) in [5.74, 6) is -0.307. The number of halogens is 1. The molecule has 1 rings (SSSR count). The highest BCUT2D eigenvalue weighted by molar-refractivity contribution is 14.1. The van der Waals surface area contributed by atoms with Gasteiger partial charge in [0.05, 0.1) is 19.6 Å². The number of nitrogens with zero attached hydrogens (tertiary/aromatic N) is 3. The second-order valence-electron chi connectivity index (χ2n) is 3.36. The third-order valence-electron chi connectivity index (χ3n) is 2.25. The van der Waals surface area contributed by atoms with Gasteiger partial charge in [0.1, 0.15) is 0 Å². The summed E-state index contributed by atoms with van der Waals surface area (Å²) < 4.78 is 4.48. The zero-order valence-corrected chi connectivity index (χ0v) is 11.4. The summed E-state index contributed by atoms with van der Waals surface area (Å²) in [6, 6.07) is 9.03. The van der Waals surface area contributed by atoms with Crippen LogP contribution in [0.25, 0.3) is 10.4 Å². The van der Waals surface area contributed by atoms with Crippen LogP contribution < -0.4 is 0 Å². The van der Waals surface area contributed by atoms with Crippen LogP contribution in [-0.2, 0) is 9.53 Å². The lowest BCUT2D eigenvalue weighted by molar-refractivity contribution is -0.140. The van der Waals surface area contributed by atoms with E-state index in [4.69, 9.17) is 5.53 Å². The maximum absolute atomic E-state index is 11.2. The molecule has 2 atom stereocenters. The Balaban J connectivity index is 2.86. The topological polar surface area (TPSA) is 75.1 Å².